The Balaban J connectivity index is 1.85. The predicted octanol–water partition coefficient (Wildman–Crippen LogP) is 4.44. The topological polar surface area (TPSA) is 42.7 Å². The molecule has 0 aliphatic carbocycles. The van der Waals surface area contributed by atoms with Crippen LogP contribution in [0.5, 0.6) is 0 Å². The van der Waals surface area contributed by atoms with Gasteiger partial charge in [-0.25, -0.2) is 9.07 Å². The maximum Gasteiger partial charge on any atom is 0.226 e. The molecule has 1 atom stereocenters. The first-order valence-electron chi connectivity index (χ1n) is 7.54. The van der Waals surface area contributed by atoms with E-state index < -0.39 is 0 Å². The first kappa shape index (κ1) is 14.9. The molecule has 0 radical (unpaired) electrons. The number of nitrogens with one attached hydrogen (secondary N) is 1. The maximum absolute atomic E-state index is 13.2. The summed E-state index contributed by atoms with van der Waals surface area (Å²) in [6.07, 6.45) is 2.02. The Hall–Kier alpha value is -2.66. The highest BCUT2D eigenvalue weighted by Crippen LogP contribution is 2.35. The number of aryl methyl sites for hydroxylation is 1. The van der Waals surface area contributed by atoms with Gasteiger partial charge in [0, 0.05) is 10.7 Å². The van der Waals surface area contributed by atoms with Gasteiger partial charge in [-0.1, -0.05) is 29.8 Å². The van der Waals surface area contributed by atoms with Crippen LogP contribution in [0.2, 0.25) is 5.02 Å². The van der Waals surface area contributed by atoms with Gasteiger partial charge in [0.1, 0.15) is 17.7 Å². The second-order valence-corrected chi connectivity index (χ2v) is 6.01. The summed E-state index contributed by atoms with van der Waals surface area (Å²) in [4.78, 5) is 4.43. The fourth-order valence-corrected chi connectivity index (χ4v) is 3.08. The summed E-state index contributed by atoms with van der Waals surface area (Å²) in [6, 6.07) is 13.8. The number of fused-ring (bicyclic) bond motifs is 1. The van der Waals surface area contributed by atoms with Crippen molar-refractivity contribution in [3.05, 3.63) is 82.4 Å². The van der Waals surface area contributed by atoms with E-state index in [4.69, 9.17) is 11.6 Å². The number of hydrogen-bond acceptors (Lipinski definition) is 3. The standard InChI is InChI=1S/C18H14ClFN4/c1-11-21-18-22-16(12-6-8-13(20)9-7-12)10-17(24(18)23-11)14-4-2-3-5-15(14)19/h2-10,17H,1H3,(H,21,22,23)/t17-/m1/s1. The number of rotatable bonds is 2. The van der Waals surface area contributed by atoms with Crippen LogP contribution in [-0.2, 0) is 0 Å². The van der Waals surface area contributed by atoms with Gasteiger partial charge in [-0.05, 0) is 54.5 Å². The molecule has 3 aromatic rings. The lowest BCUT2D eigenvalue weighted by molar-refractivity contribution is 0.607. The molecule has 0 amide bonds. The van der Waals surface area contributed by atoms with E-state index in [1.807, 2.05) is 41.9 Å². The molecule has 1 N–H and O–H groups in total. The molecule has 0 saturated carbocycles. The van der Waals surface area contributed by atoms with Gasteiger partial charge in [0.15, 0.2) is 0 Å². The molecule has 0 unspecified atom stereocenters. The van der Waals surface area contributed by atoms with E-state index in [1.54, 1.807) is 12.1 Å². The van der Waals surface area contributed by atoms with Crippen molar-refractivity contribution in [1.29, 1.82) is 0 Å². The number of halogens is 2. The van der Waals surface area contributed by atoms with Gasteiger partial charge in [0.25, 0.3) is 0 Å². The number of allylic oxidation sites excluding steroid dienone is 1. The zero-order valence-electron chi connectivity index (χ0n) is 12.9. The van der Waals surface area contributed by atoms with E-state index in [2.05, 4.69) is 15.4 Å². The third kappa shape index (κ3) is 2.57. The van der Waals surface area contributed by atoms with Crippen LogP contribution in [0.1, 0.15) is 23.0 Å². The van der Waals surface area contributed by atoms with E-state index in [9.17, 15) is 4.39 Å². The van der Waals surface area contributed by atoms with Gasteiger partial charge in [0.05, 0.1) is 0 Å². The minimum atomic E-state index is -0.267. The Morgan fingerprint density at radius 2 is 1.88 bits per heavy atom. The van der Waals surface area contributed by atoms with Gasteiger partial charge in [-0.2, -0.15) is 10.1 Å². The van der Waals surface area contributed by atoms with Crippen LogP contribution >= 0.6 is 11.6 Å². The van der Waals surface area contributed by atoms with Crippen molar-refractivity contribution in [2.45, 2.75) is 13.0 Å². The molecule has 120 valence electrons. The van der Waals surface area contributed by atoms with Gasteiger partial charge >= 0.3 is 0 Å². The summed E-state index contributed by atoms with van der Waals surface area (Å²) < 4.78 is 15.0. The summed E-state index contributed by atoms with van der Waals surface area (Å²) in [5.74, 6) is 1.04. The molecular formula is C18H14ClFN4. The first-order chi connectivity index (χ1) is 11.6. The second kappa shape index (κ2) is 5.76. The van der Waals surface area contributed by atoms with Crippen molar-refractivity contribution in [3.63, 3.8) is 0 Å². The van der Waals surface area contributed by atoms with Crippen LogP contribution in [0.25, 0.3) is 5.70 Å². The van der Waals surface area contributed by atoms with Gasteiger partial charge in [0.2, 0.25) is 5.95 Å². The number of hydrogen-bond donors (Lipinski definition) is 1. The molecule has 2 heterocycles. The van der Waals surface area contributed by atoms with Crippen LogP contribution in [0.3, 0.4) is 0 Å². The maximum atomic E-state index is 13.2. The average molecular weight is 341 g/mol. The van der Waals surface area contributed by atoms with Crippen molar-refractivity contribution in [1.82, 2.24) is 14.8 Å². The Morgan fingerprint density at radius 1 is 1.12 bits per heavy atom. The van der Waals surface area contributed by atoms with Crippen molar-refractivity contribution in [2.75, 3.05) is 5.32 Å². The minimum absolute atomic E-state index is 0.184. The van der Waals surface area contributed by atoms with Gasteiger partial charge in [-0.15, -0.1) is 0 Å². The fraction of sp³-hybridized carbons (Fsp3) is 0.111. The van der Waals surface area contributed by atoms with E-state index in [0.29, 0.717) is 16.8 Å². The average Bonchev–Trinajstić information content (AvgIpc) is 2.95. The Bertz CT molecular complexity index is 930. The predicted molar refractivity (Wildman–Crippen MR) is 92.3 cm³/mol. The van der Waals surface area contributed by atoms with Crippen LogP contribution in [0.4, 0.5) is 10.3 Å². The van der Waals surface area contributed by atoms with Crippen LogP contribution in [0.15, 0.2) is 54.6 Å². The molecule has 24 heavy (non-hydrogen) atoms. The molecule has 0 bridgehead atoms. The zero-order chi connectivity index (χ0) is 16.7. The quantitative estimate of drug-likeness (QED) is 0.750. The summed E-state index contributed by atoms with van der Waals surface area (Å²) in [5, 5.41) is 8.39. The first-order valence-corrected chi connectivity index (χ1v) is 7.92. The molecule has 4 rings (SSSR count). The third-order valence-electron chi connectivity index (χ3n) is 3.95. The molecule has 1 aromatic heterocycles. The largest absolute Gasteiger partial charge is 0.324 e. The normalized spacial score (nSPS) is 16.3. The number of anilines is 1. The van der Waals surface area contributed by atoms with Crippen LogP contribution in [-0.4, -0.2) is 14.8 Å². The molecule has 4 nitrogen and oxygen atoms in total. The summed E-state index contributed by atoms with van der Waals surface area (Å²) in [5.41, 5.74) is 2.66. The van der Waals surface area contributed by atoms with E-state index in [0.717, 1.165) is 16.8 Å². The Labute approximate surface area is 143 Å². The van der Waals surface area contributed by atoms with E-state index >= 15 is 0 Å². The number of benzene rings is 2. The van der Waals surface area contributed by atoms with Crippen molar-refractivity contribution in [2.24, 2.45) is 0 Å². The zero-order valence-corrected chi connectivity index (χ0v) is 13.6. The second-order valence-electron chi connectivity index (χ2n) is 5.61. The summed E-state index contributed by atoms with van der Waals surface area (Å²) in [7, 11) is 0. The molecule has 0 saturated heterocycles. The molecule has 2 aromatic carbocycles. The number of nitrogens with zero attached hydrogens (tertiary/aromatic N) is 3. The van der Waals surface area contributed by atoms with Gasteiger partial charge in [-0.3, -0.25) is 0 Å². The van der Waals surface area contributed by atoms with E-state index in [-0.39, 0.29) is 11.9 Å². The Morgan fingerprint density at radius 3 is 2.62 bits per heavy atom. The third-order valence-corrected chi connectivity index (χ3v) is 4.29. The number of aromatic nitrogens is 3. The molecule has 1 aliphatic heterocycles. The SMILES string of the molecule is Cc1nc2n(n1)[C@@H](c1ccccc1Cl)C=C(c1ccc(F)cc1)N2. The highest BCUT2D eigenvalue weighted by molar-refractivity contribution is 6.31. The molecule has 1 aliphatic rings. The lowest BCUT2D eigenvalue weighted by Gasteiger charge is -2.25. The fourth-order valence-electron chi connectivity index (χ4n) is 2.83. The molecular weight excluding hydrogens is 327 g/mol. The monoisotopic (exact) mass is 340 g/mol. The van der Waals surface area contributed by atoms with Gasteiger partial charge < -0.3 is 5.32 Å². The highest BCUT2D eigenvalue weighted by Gasteiger charge is 2.25. The summed E-state index contributed by atoms with van der Waals surface area (Å²) >= 11 is 6.38. The van der Waals surface area contributed by atoms with Crippen LogP contribution < -0.4 is 5.32 Å². The minimum Gasteiger partial charge on any atom is -0.324 e. The molecule has 0 spiro atoms. The van der Waals surface area contributed by atoms with Crippen molar-refractivity contribution >= 4 is 23.2 Å². The lowest BCUT2D eigenvalue weighted by atomic mass is 10.0. The highest BCUT2D eigenvalue weighted by atomic mass is 35.5. The molecule has 6 heteroatoms. The Kier molecular flexibility index (Phi) is 3.58. The molecule has 0 fully saturated rings. The smallest absolute Gasteiger partial charge is 0.226 e. The van der Waals surface area contributed by atoms with Crippen molar-refractivity contribution in [3.8, 4) is 0 Å². The van der Waals surface area contributed by atoms with Crippen LogP contribution in [0, 0.1) is 12.7 Å². The summed E-state index contributed by atoms with van der Waals surface area (Å²) in [6.45, 7) is 1.84. The van der Waals surface area contributed by atoms with Crippen molar-refractivity contribution < 1.29 is 4.39 Å². The lowest BCUT2D eigenvalue weighted by Crippen LogP contribution is -2.20. The van der Waals surface area contributed by atoms with E-state index in [1.165, 1.54) is 12.1 Å².